The summed E-state index contributed by atoms with van der Waals surface area (Å²) in [5, 5.41) is 25.2. The molecule has 0 aromatic carbocycles. The number of sulfone groups is 1. The largest absolute Gasteiger partial charge is 0.511 e. The van der Waals surface area contributed by atoms with Gasteiger partial charge in [0.25, 0.3) is 0 Å². The number of pyridine rings is 1. The number of allylic oxidation sites excluding steroid dienone is 5. The number of nitrogens with zero attached hydrogens (tertiary/aromatic N) is 2. The maximum atomic E-state index is 14.0. The molecule has 10 atom stereocenters. The predicted octanol–water partition coefficient (Wildman–Crippen LogP) is 11.1. The number of carbonyl (C=O) groups is 2. The van der Waals surface area contributed by atoms with Crippen LogP contribution in [0.1, 0.15) is 170 Å². The Labute approximate surface area is 419 Å². The number of fused-ring (bicyclic) bond motifs is 7. The van der Waals surface area contributed by atoms with Gasteiger partial charge in [0.1, 0.15) is 33.5 Å². The molecule has 0 aliphatic heterocycles. The van der Waals surface area contributed by atoms with Crippen molar-refractivity contribution in [3.05, 3.63) is 59.3 Å². The molecule has 0 bridgehead atoms. The van der Waals surface area contributed by atoms with Crippen LogP contribution in [0.2, 0.25) is 0 Å². The monoisotopic (exact) mass is 986 g/mol. The van der Waals surface area contributed by atoms with E-state index in [2.05, 4.69) is 76.6 Å². The van der Waals surface area contributed by atoms with Gasteiger partial charge < -0.3 is 29.4 Å². The van der Waals surface area contributed by atoms with Crippen LogP contribution >= 0.6 is 0 Å². The van der Waals surface area contributed by atoms with Gasteiger partial charge >= 0.3 is 12.1 Å². The first-order valence-electron chi connectivity index (χ1n) is 26.6. The normalized spacial score (nSPS) is 38.8. The molecule has 1 heterocycles. The van der Waals surface area contributed by atoms with Gasteiger partial charge in [-0.3, -0.25) is 4.79 Å². The summed E-state index contributed by atoms with van der Waals surface area (Å²) in [5.41, 5.74) is 2.70. The van der Waals surface area contributed by atoms with Gasteiger partial charge in [-0.2, -0.15) is 5.26 Å². The third-order valence-electron chi connectivity index (χ3n) is 20.6. The highest BCUT2D eigenvalue weighted by atomic mass is 32.2. The van der Waals surface area contributed by atoms with Crippen molar-refractivity contribution in [2.24, 2.45) is 56.7 Å². The molecule has 0 radical (unpaired) electrons. The molecule has 0 amide bonds. The molecule has 386 valence electrons. The Morgan fingerprint density at radius 1 is 0.929 bits per heavy atom. The SMILES string of the molecule is C=C(C)[C@@H]1CC[C@]2(NCC[C@]3(O)CC[C@@H](S(C)(=O)=O)CC3)CC[C@]3(C)[C@H](CC[C@@H]4[C@@]5(C)CC=C(C6=CC[C@@](COc7ncccc7C#N)(C(=O)OCOC(=O)OC(C)C)CC6)C(C)(C)[C@@H]5CC[C@]43C)[C@@H]12. The van der Waals surface area contributed by atoms with Gasteiger partial charge in [0.15, 0.2) is 0 Å². The maximum absolute atomic E-state index is 14.0. The standard InChI is InChI=1S/C57H83N3O9S/c1-37(2)42-19-28-57(60-33-31-56(63)26-17-41(18-27-56)70(10,64)65)30-29-53(8)44(47(42)57)13-14-46-52(7)22-20-43(51(5,6)45(52)21-23-54(46,53)9)39-15-24-55(25-16-39,35-66-48-40(34-58)12-11-32-59-48)49(61)67-36-68-50(62)69-38(3)4/h11-12,15,20,32,38,41-42,44-47,60,63H,1,13-14,16-19,21-31,33,35-36H2,2-10H3/t41-,42-,44+,45-,46+,47+,52-,53+,54+,55+,56+,57-/m0/s1. The minimum atomic E-state index is -3.10. The number of aromatic nitrogens is 1. The molecule has 5 saturated carbocycles. The van der Waals surface area contributed by atoms with E-state index in [1.165, 1.54) is 48.7 Å². The quantitative estimate of drug-likeness (QED) is 0.103. The van der Waals surface area contributed by atoms with E-state index in [0.29, 0.717) is 81.0 Å². The zero-order valence-electron chi connectivity index (χ0n) is 43.8. The lowest BCUT2D eigenvalue weighted by Gasteiger charge is -2.72. The molecule has 1 aromatic rings. The summed E-state index contributed by atoms with van der Waals surface area (Å²) in [6.45, 7) is 23.3. The van der Waals surface area contributed by atoms with Crippen molar-refractivity contribution in [2.45, 2.75) is 187 Å². The second-order valence-electron chi connectivity index (χ2n) is 24.9. The number of nitriles is 1. The van der Waals surface area contributed by atoms with E-state index in [4.69, 9.17) is 18.9 Å². The second-order valence-corrected chi connectivity index (χ2v) is 27.2. The van der Waals surface area contributed by atoms with Crippen molar-refractivity contribution in [1.82, 2.24) is 10.3 Å². The summed E-state index contributed by atoms with van der Waals surface area (Å²) < 4.78 is 46.4. The second kappa shape index (κ2) is 19.3. The van der Waals surface area contributed by atoms with E-state index in [-0.39, 0.29) is 56.6 Å². The van der Waals surface area contributed by atoms with Crippen LogP contribution in [-0.4, -0.2) is 79.3 Å². The van der Waals surface area contributed by atoms with Crippen LogP contribution in [0.4, 0.5) is 4.79 Å². The zero-order chi connectivity index (χ0) is 50.7. The van der Waals surface area contributed by atoms with Crippen molar-refractivity contribution < 1.29 is 42.1 Å². The number of aliphatic hydroxyl groups is 1. The molecule has 8 rings (SSSR count). The lowest BCUT2D eigenvalue weighted by molar-refractivity contribution is -0.221. The Bertz CT molecular complexity index is 2400. The average molecular weight is 986 g/mol. The van der Waals surface area contributed by atoms with Gasteiger partial charge in [-0.25, -0.2) is 18.2 Å². The van der Waals surface area contributed by atoms with Crippen LogP contribution in [-0.2, 0) is 28.8 Å². The highest BCUT2D eigenvalue weighted by Crippen LogP contribution is 2.76. The third kappa shape index (κ3) is 9.31. The fourth-order valence-corrected chi connectivity index (χ4v) is 17.9. The van der Waals surface area contributed by atoms with Crippen LogP contribution in [0.5, 0.6) is 5.88 Å². The Morgan fingerprint density at radius 2 is 1.67 bits per heavy atom. The van der Waals surface area contributed by atoms with Crippen molar-refractivity contribution >= 4 is 22.0 Å². The molecule has 5 fully saturated rings. The molecule has 7 aliphatic rings. The molecule has 1 aromatic heterocycles. The number of esters is 1. The molecular weight excluding hydrogens is 903 g/mol. The van der Waals surface area contributed by atoms with Crippen molar-refractivity contribution in [3.8, 4) is 11.9 Å². The fraction of sp³-hybridized carbons (Fsp3) is 0.754. The summed E-state index contributed by atoms with van der Waals surface area (Å²) in [6.07, 6.45) is 21.1. The highest BCUT2D eigenvalue weighted by molar-refractivity contribution is 7.91. The van der Waals surface area contributed by atoms with Gasteiger partial charge in [0.2, 0.25) is 12.7 Å². The molecular formula is C57H83N3O9S. The van der Waals surface area contributed by atoms with Gasteiger partial charge in [-0.15, -0.1) is 0 Å². The van der Waals surface area contributed by atoms with Gasteiger partial charge in [-0.1, -0.05) is 58.9 Å². The zero-order valence-corrected chi connectivity index (χ0v) is 44.6. The van der Waals surface area contributed by atoms with Crippen molar-refractivity contribution in [3.63, 3.8) is 0 Å². The molecule has 0 unspecified atom stereocenters. The fourth-order valence-electron chi connectivity index (χ4n) is 16.8. The van der Waals surface area contributed by atoms with Crippen LogP contribution < -0.4 is 10.1 Å². The van der Waals surface area contributed by atoms with Crippen LogP contribution in [0.3, 0.4) is 0 Å². The molecule has 7 aliphatic carbocycles. The number of nitrogens with one attached hydrogen (secondary N) is 1. The van der Waals surface area contributed by atoms with Gasteiger partial charge in [0.05, 0.1) is 17.0 Å². The Kier molecular flexibility index (Phi) is 14.5. The van der Waals surface area contributed by atoms with Crippen LogP contribution in [0.25, 0.3) is 0 Å². The summed E-state index contributed by atoms with van der Waals surface area (Å²) >= 11 is 0. The average Bonchev–Trinajstić information content (AvgIpc) is 3.68. The number of carbonyl (C=O) groups excluding carboxylic acids is 2. The predicted molar refractivity (Wildman–Crippen MR) is 270 cm³/mol. The highest BCUT2D eigenvalue weighted by Gasteiger charge is 2.70. The van der Waals surface area contributed by atoms with E-state index in [9.17, 15) is 28.4 Å². The number of hydrogen-bond donors (Lipinski definition) is 2. The van der Waals surface area contributed by atoms with Gasteiger partial charge in [-0.05, 0) is 211 Å². The first kappa shape index (κ1) is 52.6. The molecule has 12 nitrogen and oxygen atoms in total. The summed E-state index contributed by atoms with van der Waals surface area (Å²) in [5.74, 6) is 2.21. The Hall–Kier alpha value is -3.73. The van der Waals surface area contributed by atoms with E-state index in [1.54, 1.807) is 32.2 Å². The first-order chi connectivity index (χ1) is 32.9. The van der Waals surface area contributed by atoms with E-state index in [0.717, 1.165) is 38.6 Å². The van der Waals surface area contributed by atoms with Crippen LogP contribution in [0.15, 0.2) is 53.8 Å². The Morgan fingerprint density at radius 3 is 2.33 bits per heavy atom. The van der Waals surface area contributed by atoms with Crippen LogP contribution in [0, 0.1) is 68.0 Å². The minimum Gasteiger partial charge on any atom is -0.475 e. The lowest BCUT2D eigenvalue weighted by Crippen LogP contribution is -2.68. The number of hydrogen-bond acceptors (Lipinski definition) is 12. The molecule has 2 N–H and O–H groups in total. The van der Waals surface area contributed by atoms with E-state index < -0.39 is 39.8 Å². The number of rotatable bonds is 14. The molecule has 13 heteroatoms. The first-order valence-corrected chi connectivity index (χ1v) is 28.5. The molecule has 0 saturated heterocycles. The van der Waals surface area contributed by atoms with Crippen molar-refractivity contribution in [2.75, 3.05) is 26.2 Å². The Balaban J connectivity index is 0.997. The topological polar surface area (TPSA) is 174 Å². The number of ether oxygens (including phenoxy) is 4. The molecule has 0 spiro atoms. The van der Waals surface area contributed by atoms with E-state index >= 15 is 0 Å². The third-order valence-corrected chi connectivity index (χ3v) is 22.3. The van der Waals surface area contributed by atoms with E-state index in [1.807, 2.05) is 0 Å². The summed E-state index contributed by atoms with van der Waals surface area (Å²) in [4.78, 5) is 30.4. The smallest absolute Gasteiger partial charge is 0.475 e. The van der Waals surface area contributed by atoms with Crippen molar-refractivity contribution in [1.29, 1.82) is 5.26 Å². The maximum Gasteiger partial charge on any atom is 0.511 e. The molecule has 70 heavy (non-hydrogen) atoms. The van der Waals surface area contributed by atoms with Gasteiger partial charge in [0, 0.05) is 18.0 Å². The lowest BCUT2D eigenvalue weighted by atomic mass is 9.33. The minimum absolute atomic E-state index is 0.0182. The summed E-state index contributed by atoms with van der Waals surface area (Å²) in [6, 6.07) is 5.43. The summed E-state index contributed by atoms with van der Waals surface area (Å²) in [7, 11) is -3.10.